The number of ether oxygens (including phenoxy) is 2. The largest absolute Gasteiger partial charge is 0.486 e. The van der Waals surface area contributed by atoms with Gasteiger partial charge in [0.15, 0.2) is 11.5 Å². The molecular formula is C23H23N3O3. The Kier molecular flexibility index (Phi) is 4.68. The van der Waals surface area contributed by atoms with Crippen molar-refractivity contribution in [2.45, 2.75) is 25.2 Å². The second-order valence-corrected chi connectivity index (χ2v) is 7.46. The predicted molar refractivity (Wildman–Crippen MR) is 109 cm³/mol. The highest BCUT2D eigenvalue weighted by Crippen LogP contribution is 2.39. The number of amides is 1. The van der Waals surface area contributed by atoms with Gasteiger partial charge in [-0.25, -0.2) is 4.68 Å². The summed E-state index contributed by atoms with van der Waals surface area (Å²) in [7, 11) is 0. The van der Waals surface area contributed by atoms with Crippen LogP contribution in [0.2, 0.25) is 0 Å². The van der Waals surface area contributed by atoms with Crippen LogP contribution in [0.1, 0.15) is 40.5 Å². The van der Waals surface area contributed by atoms with Crippen molar-refractivity contribution in [3.63, 3.8) is 0 Å². The summed E-state index contributed by atoms with van der Waals surface area (Å²) in [6.07, 6.45) is 3.02. The van der Waals surface area contributed by atoms with Gasteiger partial charge in [0.25, 0.3) is 5.91 Å². The number of fused-ring (bicyclic) bond motifs is 1. The van der Waals surface area contributed by atoms with Crippen LogP contribution in [0, 0.1) is 0 Å². The fourth-order valence-electron chi connectivity index (χ4n) is 3.56. The number of benzene rings is 2. The maximum Gasteiger partial charge on any atom is 0.270 e. The Hall–Kier alpha value is -3.28. The van der Waals surface area contributed by atoms with Gasteiger partial charge in [0.05, 0.1) is 11.4 Å². The lowest BCUT2D eigenvalue weighted by atomic mass is 10.1. The average Bonchev–Trinajstić information content (AvgIpc) is 3.52. The summed E-state index contributed by atoms with van der Waals surface area (Å²) < 4.78 is 12.9. The zero-order valence-electron chi connectivity index (χ0n) is 16.1. The summed E-state index contributed by atoms with van der Waals surface area (Å²) in [5, 5.41) is 7.74. The highest BCUT2D eigenvalue weighted by atomic mass is 16.6. The van der Waals surface area contributed by atoms with Gasteiger partial charge in [-0.2, -0.15) is 5.10 Å². The lowest BCUT2D eigenvalue weighted by Gasteiger charge is -2.18. The van der Waals surface area contributed by atoms with E-state index in [0.29, 0.717) is 31.4 Å². The van der Waals surface area contributed by atoms with Crippen LogP contribution in [0.3, 0.4) is 0 Å². The molecule has 1 aromatic heterocycles. The molecule has 1 aliphatic carbocycles. The van der Waals surface area contributed by atoms with Crippen LogP contribution in [0.25, 0.3) is 5.69 Å². The molecule has 0 atom stereocenters. The predicted octanol–water partition coefficient (Wildman–Crippen LogP) is 3.49. The third-order valence-electron chi connectivity index (χ3n) is 5.26. The Balaban J connectivity index is 1.28. The Morgan fingerprint density at radius 2 is 1.83 bits per heavy atom. The molecular weight excluding hydrogens is 366 g/mol. The van der Waals surface area contributed by atoms with Crippen LogP contribution in [-0.2, 0) is 6.42 Å². The van der Waals surface area contributed by atoms with Crippen molar-refractivity contribution in [1.82, 2.24) is 15.1 Å². The Morgan fingerprint density at radius 1 is 1.03 bits per heavy atom. The Bertz CT molecular complexity index is 1030. The minimum atomic E-state index is -0.106. The number of rotatable bonds is 6. The van der Waals surface area contributed by atoms with Gasteiger partial charge in [0, 0.05) is 12.5 Å². The van der Waals surface area contributed by atoms with Crippen molar-refractivity contribution in [2.24, 2.45) is 0 Å². The van der Waals surface area contributed by atoms with E-state index in [0.717, 1.165) is 47.7 Å². The van der Waals surface area contributed by atoms with E-state index in [9.17, 15) is 4.79 Å². The average molecular weight is 389 g/mol. The standard InChI is InChI=1S/C23H23N3O3/c27-23(24-11-10-16-6-9-21-22(14-16)29-13-12-28-21)20-15-19(17-7-8-17)25-26(20)18-4-2-1-3-5-18/h1-6,9,14-15,17H,7-8,10-13H2,(H,24,27). The molecule has 1 N–H and O–H groups in total. The number of aromatic nitrogens is 2. The summed E-state index contributed by atoms with van der Waals surface area (Å²) >= 11 is 0. The first-order valence-corrected chi connectivity index (χ1v) is 10.1. The number of carbonyl (C=O) groups excluding carboxylic acids is 1. The smallest absolute Gasteiger partial charge is 0.270 e. The number of hydrogen-bond acceptors (Lipinski definition) is 4. The maximum atomic E-state index is 12.9. The molecule has 1 amide bonds. The summed E-state index contributed by atoms with van der Waals surface area (Å²) in [5.41, 5.74) is 3.59. The van der Waals surface area contributed by atoms with Crippen LogP contribution in [0.5, 0.6) is 11.5 Å². The van der Waals surface area contributed by atoms with Crippen molar-refractivity contribution in [2.75, 3.05) is 19.8 Å². The van der Waals surface area contributed by atoms with Crippen molar-refractivity contribution >= 4 is 5.91 Å². The van der Waals surface area contributed by atoms with E-state index in [4.69, 9.17) is 14.6 Å². The first-order valence-electron chi connectivity index (χ1n) is 10.1. The minimum Gasteiger partial charge on any atom is -0.486 e. The van der Waals surface area contributed by atoms with Crippen molar-refractivity contribution < 1.29 is 14.3 Å². The number of para-hydroxylation sites is 1. The van der Waals surface area contributed by atoms with E-state index in [1.165, 1.54) is 0 Å². The SMILES string of the molecule is O=C(NCCc1ccc2c(c1)OCCO2)c1cc(C2CC2)nn1-c1ccccc1. The molecule has 1 fully saturated rings. The summed E-state index contributed by atoms with van der Waals surface area (Å²) in [6.45, 7) is 1.69. The molecule has 0 spiro atoms. The Labute approximate surface area is 169 Å². The zero-order chi connectivity index (χ0) is 19.6. The third kappa shape index (κ3) is 3.83. The number of nitrogens with zero attached hydrogens (tertiary/aromatic N) is 2. The second-order valence-electron chi connectivity index (χ2n) is 7.46. The summed E-state index contributed by atoms with van der Waals surface area (Å²) in [5.74, 6) is 1.94. The van der Waals surface area contributed by atoms with Crippen molar-refractivity contribution in [3.8, 4) is 17.2 Å². The molecule has 3 aromatic rings. The van der Waals surface area contributed by atoms with Crippen LogP contribution in [-0.4, -0.2) is 35.4 Å². The van der Waals surface area contributed by atoms with E-state index >= 15 is 0 Å². The lowest BCUT2D eigenvalue weighted by Crippen LogP contribution is -2.28. The third-order valence-corrected chi connectivity index (χ3v) is 5.26. The van der Waals surface area contributed by atoms with Gasteiger partial charge in [-0.1, -0.05) is 24.3 Å². The maximum absolute atomic E-state index is 12.9. The van der Waals surface area contributed by atoms with Crippen molar-refractivity contribution in [3.05, 3.63) is 71.5 Å². The molecule has 5 rings (SSSR count). The molecule has 0 unspecified atom stereocenters. The fourth-order valence-corrected chi connectivity index (χ4v) is 3.56. The molecule has 2 heterocycles. The van der Waals surface area contributed by atoms with Crippen LogP contribution >= 0.6 is 0 Å². The molecule has 0 saturated heterocycles. The van der Waals surface area contributed by atoms with Gasteiger partial charge >= 0.3 is 0 Å². The Morgan fingerprint density at radius 3 is 2.62 bits per heavy atom. The van der Waals surface area contributed by atoms with Crippen LogP contribution < -0.4 is 14.8 Å². The highest BCUT2D eigenvalue weighted by Gasteiger charge is 2.29. The van der Waals surface area contributed by atoms with Gasteiger partial charge in [-0.3, -0.25) is 4.79 Å². The monoisotopic (exact) mass is 389 g/mol. The quantitative estimate of drug-likeness (QED) is 0.701. The molecule has 148 valence electrons. The van der Waals surface area contributed by atoms with Gasteiger partial charge in [-0.05, 0) is 55.2 Å². The van der Waals surface area contributed by atoms with Crippen molar-refractivity contribution in [1.29, 1.82) is 0 Å². The molecule has 1 saturated carbocycles. The molecule has 6 heteroatoms. The molecule has 2 aliphatic rings. The fraction of sp³-hybridized carbons (Fsp3) is 0.304. The van der Waals surface area contributed by atoms with Gasteiger partial charge in [0.1, 0.15) is 18.9 Å². The lowest BCUT2D eigenvalue weighted by molar-refractivity contribution is 0.0946. The second kappa shape index (κ2) is 7.62. The van der Waals surface area contributed by atoms with E-state index < -0.39 is 0 Å². The first kappa shape index (κ1) is 17.8. The van der Waals surface area contributed by atoms with E-state index in [-0.39, 0.29) is 5.91 Å². The number of hydrogen-bond donors (Lipinski definition) is 1. The van der Waals surface area contributed by atoms with Crippen LogP contribution in [0.4, 0.5) is 0 Å². The topological polar surface area (TPSA) is 65.4 Å². The van der Waals surface area contributed by atoms with Crippen LogP contribution in [0.15, 0.2) is 54.6 Å². The molecule has 0 bridgehead atoms. The van der Waals surface area contributed by atoms with Gasteiger partial charge in [0.2, 0.25) is 0 Å². The van der Waals surface area contributed by atoms with Gasteiger partial charge < -0.3 is 14.8 Å². The molecule has 2 aromatic carbocycles. The minimum absolute atomic E-state index is 0.106. The van der Waals surface area contributed by atoms with E-state index in [1.807, 2.05) is 54.6 Å². The van der Waals surface area contributed by atoms with Gasteiger partial charge in [-0.15, -0.1) is 0 Å². The highest BCUT2D eigenvalue weighted by molar-refractivity contribution is 5.93. The zero-order valence-corrected chi connectivity index (χ0v) is 16.1. The first-order chi connectivity index (χ1) is 14.3. The summed E-state index contributed by atoms with van der Waals surface area (Å²) in [6, 6.07) is 17.7. The molecule has 0 radical (unpaired) electrons. The number of nitrogens with one attached hydrogen (secondary N) is 1. The normalized spacial score (nSPS) is 15.2. The molecule has 6 nitrogen and oxygen atoms in total. The van der Waals surface area contributed by atoms with E-state index in [1.54, 1.807) is 4.68 Å². The van der Waals surface area contributed by atoms with E-state index in [2.05, 4.69) is 5.32 Å². The number of carbonyl (C=O) groups is 1. The molecule has 29 heavy (non-hydrogen) atoms. The molecule has 1 aliphatic heterocycles. The summed E-state index contributed by atoms with van der Waals surface area (Å²) in [4.78, 5) is 12.9.